The van der Waals surface area contributed by atoms with E-state index in [0.717, 1.165) is 11.0 Å². The van der Waals surface area contributed by atoms with Gasteiger partial charge in [0.25, 0.3) is 0 Å². The molecule has 0 fully saturated rings. The van der Waals surface area contributed by atoms with E-state index < -0.39 is 0 Å². The summed E-state index contributed by atoms with van der Waals surface area (Å²) in [6.07, 6.45) is 0. The molecule has 74 valence electrons. The summed E-state index contributed by atoms with van der Waals surface area (Å²) >= 11 is 0. The SMILES string of the molecule is C.c1ccc2nc3ccccc3cc2c1. The monoisotopic (exact) mass is 195 g/mol. The molecular weight excluding hydrogens is 182 g/mol. The fourth-order valence-corrected chi connectivity index (χ4v) is 1.72. The zero-order valence-corrected chi connectivity index (χ0v) is 7.64. The number of pyridine rings is 1. The molecule has 0 bridgehead atoms. The van der Waals surface area contributed by atoms with Crippen molar-refractivity contribution >= 4 is 21.8 Å². The van der Waals surface area contributed by atoms with Crippen LogP contribution < -0.4 is 0 Å². The molecule has 0 radical (unpaired) electrons. The molecule has 0 saturated carbocycles. The topological polar surface area (TPSA) is 12.9 Å². The molecule has 0 aliphatic heterocycles. The molecule has 15 heavy (non-hydrogen) atoms. The van der Waals surface area contributed by atoms with Crippen LogP contribution in [0.5, 0.6) is 0 Å². The molecule has 0 saturated heterocycles. The first-order chi connectivity index (χ1) is 6.93. The Labute approximate surface area is 89.4 Å². The normalized spacial score (nSPS) is 10.1. The smallest absolute Gasteiger partial charge is 0.0709 e. The van der Waals surface area contributed by atoms with E-state index in [1.807, 2.05) is 36.4 Å². The van der Waals surface area contributed by atoms with Gasteiger partial charge in [0.05, 0.1) is 11.0 Å². The van der Waals surface area contributed by atoms with E-state index >= 15 is 0 Å². The van der Waals surface area contributed by atoms with Crippen LogP contribution in [0.4, 0.5) is 0 Å². The molecule has 1 heterocycles. The molecule has 1 aromatic heterocycles. The number of fused-ring (bicyclic) bond motifs is 2. The van der Waals surface area contributed by atoms with Gasteiger partial charge in [0, 0.05) is 10.8 Å². The number of rotatable bonds is 0. The van der Waals surface area contributed by atoms with Gasteiger partial charge in [0.2, 0.25) is 0 Å². The average Bonchev–Trinajstić information content (AvgIpc) is 2.26. The van der Waals surface area contributed by atoms with Crippen LogP contribution in [-0.4, -0.2) is 4.98 Å². The van der Waals surface area contributed by atoms with E-state index in [9.17, 15) is 0 Å². The largest absolute Gasteiger partial charge is 0.248 e. The molecule has 0 aliphatic carbocycles. The first-order valence-electron chi connectivity index (χ1n) is 4.68. The second kappa shape index (κ2) is 3.70. The van der Waals surface area contributed by atoms with Crippen molar-refractivity contribution in [3.63, 3.8) is 0 Å². The van der Waals surface area contributed by atoms with Gasteiger partial charge in [0.15, 0.2) is 0 Å². The Kier molecular flexibility index (Phi) is 2.38. The highest BCUT2D eigenvalue weighted by Gasteiger charge is 1.96. The van der Waals surface area contributed by atoms with Gasteiger partial charge in [-0.1, -0.05) is 43.8 Å². The summed E-state index contributed by atoms with van der Waals surface area (Å²) < 4.78 is 0. The second-order valence-corrected chi connectivity index (χ2v) is 3.37. The van der Waals surface area contributed by atoms with Gasteiger partial charge in [-0.2, -0.15) is 0 Å². The van der Waals surface area contributed by atoms with Gasteiger partial charge in [0.1, 0.15) is 0 Å². The van der Waals surface area contributed by atoms with Crippen LogP contribution in [-0.2, 0) is 0 Å². The number of aromatic nitrogens is 1. The average molecular weight is 195 g/mol. The maximum Gasteiger partial charge on any atom is 0.0709 e. The fraction of sp³-hybridized carbons (Fsp3) is 0.0714. The molecule has 2 aromatic carbocycles. The minimum atomic E-state index is 0. The summed E-state index contributed by atoms with van der Waals surface area (Å²) in [7, 11) is 0. The van der Waals surface area contributed by atoms with Crippen LogP contribution in [0.1, 0.15) is 7.43 Å². The summed E-state index contributed by atoms with van der Waals surface area (Å²) in [4.78, 5) is 4.58. The van der Waals surface area contributed by atoms with Crippen LogP contribution in [0.3, 0.4) is 0 Å². The Morgan fingerprint density at radius 1 is 0.667 bits per heavy atom. The minimum Gasteiger partial charge on any atom is -0.248 e. The lowest BCUT2D eigenvalue weighted by molar-refractivity contribution is 1.50. The van der Waals surface area contributed by atoms with Crippen molar-refractivity contribution in [1.82, 2.24) is 4.98 Å². The molecule has 0 spiro atoms. The number of hydrogen-bond acceptors (Lipinski definition) is 1. The standard InChI is InChI=1S/C13H9N.CH4/c1-3-7-12-10(5-1)9-11-6-2-4-8-13(11)14-12;/h1-9H;1H4. The third-order valence-electron chi connectivity index (χ3n) is 2.43. The number of para-hydroxylation sites is 2. The molecule has 3 rings (SSSR count). The molecule has 0 amide bonds. The van der Waals surface area contributed by atoms with Crippen molar-refractivity contribution in [3.8, 4) is 0 Å². The summed E-state index contributed by atoms with van der Waals surface area (Å²) in [6, 6.07) is 18.6. The Morgan fingerprint density at radius 2 is 1.13 bits per heavy atom. The van der Waals surface area contributed by atoms with Gasteiger partial charge in [-0.05, 0) is 18.2 Å². The van der Waals surface area contributed by atoms with Gasteiger partial charge in [-0.25, -0.2) is 4.98 Å². The first kappa shape index (κ1) is 9.66. The van der Waals surface area contributed by atoms with Crippen molar-refractivity contribution in [1.29, 1.82) is 0 Å². The van der Waals surface area contributed by atoms with Crippen LogP contribution in [0, 0.1) is 0 Å². The third-order valence-corrected chi connectivity index (χ3v) is 2.43. The van der Waals surface area contributed by atoms with E-state index in [1.54, 1.807) is 0 Å². The first-order valence-corrected chi connectivity index (χ1v) is 4.68. The number of hydrogen-bond donors (Lipinski definition) is 0. The molecule has 0 atom stereocenters. The Hall–Kier alpha value is -1.89. The zero-order valence-electron chi connectivity index (χ0n) is 7.64. The third kappa shape index (κ3) is 1.57. The Bertz CT molecular complexity index is 494. The summed E-state index contributed by atoms with van der Waals surface area (Å²) in [5.74, 6) is 0. The lowest BCUT2D eigenvalue weighted by Crippen LogP contribution is -1.80. The van der Waals surface area contributed by atoms with Crippen LogP contribution in [0.25, 0.3) is 21.8 Å². The maximum atomic E-state index is 4.58. The summed E-state index contributed by atoms with van der Waals surface area (Å²) in [5.41, 5.74) is 2.12. The highest BCUT2D eigenvalue weighted by atomic mass is 14.7. The van der Waals surface area contributed by atoms with Gasteiger partial charge in [-0.3, -0.25) is 0 Å². The van der Waals surface area contributed by atoms with Crippen molar-refractivity contribution < 1.29 is 0 Å². The van der Waals surface area contributed by atoms with E-state index in [4.69, 9.17) is 0 Å². The van der Waals surface area contributed by atoms with Crippen molar-refractivity contribution in [3.05, 3.63) is 54.6 Å². The predicted octanol–water partition coefficient (Wildman–Crippen LogP) is 4.02. The molecular formula is C14H13N. The van der Waals surface area contributed by atoms with Crippen LogP contribution >= 0.6 is 0 Å². The lowest BCUT2D eigenvalue weighted by Gasteiger charge is -1.99. The molecule has 3 aromatic rings. The Balaban J connectivity index is 0.000000853. The summed E-state index contributed by atoms with van der Waals surface area (Å²) in [5, 5.41) is 2.40. The quantitative estimate of drug-likeness (QED) is 0.493. The predicted molar refractivity (Wildman–Crippen MR) is 66.0 cm³/mol. The minimum absolute atomic E-state index is 0. The van der Waals surface area contributed by atoms with Crippen LogP contribution in [0.2, 0.25) is 0 Å². The van der Waals surface area contributed by atoms with E-state index in [1.165, 1.54) is 10.8 Å². The van der Waals surface area contributed by atoms with Crippen molar-refractivity contribution in [2.75, 3.05) is 0 Å². The molecule has 0 unspecified atom stereocenters. The van der Waals surface area contributed by atoms with E-state index in [0.29, 0.717) is 0 Å². The highest BCUT2D eigenvalue weighted by Crippen LogP contribution is 2.18. The highest BCUT2D eigenvalue weighted by molar-refractivity contribution is 5.92. The molecule has 0 aliphatic rings. The van der Waals surface area contributed by atoms with E-state index in [2.05, 4.69) is 23.2 Å². The lowest BCUT2D eigenvalue weighted by atomic mass is 10.1. The van der Waals surface area contributed by atoms with Gasteiger partial charge < -0.3 is 0 Å². The molecule has 0 N–H and O–H groups in total. The molecule has 1 heteroatoms. The maximum absolute atomic E-state index is 4.58. The van der Waals surface area contributed by atoms with Gasteiger partial charge in [-0.15, -0.1) is 0 Å². The van der Waals surface area contributed by atoms with Crippen molar-refractivity contribution in [2.45, 2.75) is 7.43 Å². The second-order valence-electron chi connectivity index (χ2n) is 3.37. The molecule has 1 nitrogen and oxygen atoms in total. The van der Waals surface area contributed by atoms with Crippen molar-refractivity contribution in [2.24, 2.45) is 0 Å². The Morgan fingerprint density at radius 3 is 1.67 bits per heavy atom. The van der Waals surface area contributed by atoms with Crippen LogP contribution in [0.15, 0.2) is 54.6 Å². The van der Waals surface area contributed by atoms with E-state index in [-0.39, 0.29) is 7.43 Å². The number of nitrogens with zero attached hydrogens (tertiary/aromatic N) is 1. The van der Waals surface area contributed by atoms with Gasteiger partial charge >= 0.3 is 0 Å². The fourth-order valence-electron chi connectivity index (χ4n) is 1.72. The zero-order chi connectivity index (χ0) is 9.38. The summed E-state index contributed by atoms with van der Waals surface area (Å²) in [6.45, 7) is 0. The number of benzene rings is 2.